The molecule has 0 amide bonds. The van der Waals surface area contributed by atoms with E-state index in [1.165, 1.54) is 12.8 Å². The lowest BCUT2D eigenvalue weighted by molar-refractivity contribution is -0.120. The average molecular weight is 183 g/mol. The smallest absolute Gasteiger partial charge is 0.134 e. The van der Waals surface area contributed by atoms with Crippen LogP contribution in [0.2, 0.25) is 0 Å². The molecule has 2 rings (SSSR count). The number of ether oxygens (including phenoxy) is 1. The van der Waals surface area contributed by atoms with Crippen molar-refractivity contribution in [3.8, 4) is 0 Å². The molecule has 1 atom stereocenters. The molecular weight excluding hydrogens is 166 g/mol. The van der Waals surface area contributed by atoms with E-state index in [2.05, 4.69) is 5.32 Å². The molecule has 3 nitrogen and oxygen atoms in total. The van der Waals surface area contributed by atoms with Gasteiger partial charge >= 0.3 is 0 Å². The van der Waals surface area contributed by atoms with E-state index in [0.29, 0.717) is 18.8 Å². The molecule has 74 valence electrons. The lowest BCUT2D eigenvalue weighted by Crippen LogP contribution is -2.42. The topological polar surface area (TPSA) is 38.3 Å². The molecule has 13 heavy (non-hydrogen) atoms. The van der Waals surface area contributed by atoms with Crippen LogP contribution in [0.4, 0.5) is 0 Å². The number of nitrogens with one attached hydrogen (secondary N) is 1. The van der Waals surface area contributed by atoms with Crippen LogP contribution in [0.5, 0.6) is 0 Å². The van der Waals surface area contributed by atoms with Gasteiger partial charge in [0.05, 0.1) is 13.2 Å². The number of ketones is 1. The third-order valence-corrected chi connectivity index (χ3v) is 2.69. The average Bonchev–Trinajstić information content (AvgIpc) is 2.90. The van der Waals surface area contributed by atoms with Gasteiger partial charge in [0.25, 0.3) is 0 Å². The molecule has 1 N–H and O–H groups in total. The van der Waals surface area contributed by atoms with Gasteiger partial charge in [0.1, 0.15) is 5.78 Å². The fourth-order valence-electron chi connectivity index (χ4n) is 1.75. The zero-order valence-corrected chi connectivity index (χ0v) is 7.92. The van der Waals surface area contributed by atoms with Gasteiger partial charge in [-0.25, -0.2) is 0 Å². The molecule has 1 saturated carbocycles. The lowest BCUT2D eigenvalue weighted by atomic mass is 10.1. The van der Waals surface area contributed by atoms with Crippen LogP contribution in [-0.4, -0.2) is 31.6 Å². The number of hydrogen-bond acceptors (Lipinski definition) is 3. The van der Waals surface area contributed by atoms with Crippen LogP contribution in [0.15, 0.2) is 0 Å². The number of Topliss-reactive ketones (excluding diaryl/α,β-unsaturated/α-hetero) is 1. The summed E-state index contributed by atoms with van der Waals surface area (Å²) in [6.45, 7) is 2.38. The van der Waals surface area contributed by atoms with E-state index in [1.807, 2.05) is 0 Å². The molecule has 0 spiro atoms. The van der Waals surface area contributed by atoms with Crippen molar-refractivity contribution in [3.63, 3.8) is 0 Å². The van der Waals surface area contributed by atoms with Gasteiger partial charge in [0.2, 0.25) is 0 Å². The number of morpholine rings is 1. The minimum Gasteiger partial charge on any atom is -0.379 e. The summed E-state index contributed by atoms with van der Waals surface area (Å²) in [7, 11) is 0. The van der Waals surface area contributed by atoms with Crippen LogP contribution in [0.3, 0.4) is 0 Å². The first-order valence-electron chi connectivity index (χ1n) is 5.17. The molecule has 2 aliphatic rings. The predicted molar refractivity (Wildman–Crippen MR) is 49.6 cm³/mol. The second-order valence-electron chi connectivity index (χ2n) is 4.12. The Kier molecular flexibility index (Phi) is 2.96. The fourth-order valence-corrected chi connectivity index (χ4v) is 1.75. The van der Waals surface area contributed by atoms with Crippen molar-refractivity contribution >= 4 is 5.78 Å². The molecule has 0 aromatic rings. The van der Waals surface area contributed by atoms with Crippen molar-refractivity contribution in [1.82, 2.24) is 5.32 Å². The lowest BCUT2D eigenvalue weighted by Gasteiger charge is -2.23. The Morgan fingerprint density at radius 1 is 1.38 bits per heavy atom. The van der Waals surface area contributed by atoms with Crippen molar-refractivity contribution < 1.29 is 9.53 Å². The standard InChI is InChI=1S/C10H17NO2/c12-10(5-8-1-2-8)6-9-7-13-4-3-11-9/h8-9,11H,1-7H2. The molecule has 2 fully saturated rings. The summed E-state index contributed by atoms with van der Waals surface area (Å²) in [6.07, 6.45) is 4.00. The van der Waals surface area contributed by atoms with Gasteiger partial charge in [-0.15, -0.1) is 0 Å². The van der Waals surface area contributed by atoms with E-state index >= 15 is 0 Å². The van der Waals surface area contributed by atoms with Crippen LogP contribution in [0.25, 0.3) is 0 Å². The second kappa shape index (κ2) is 4.20. The minimum absolute atomic E-state index is 0.278. The van der Waals surface area contributed by atoms with Gasteiger partial charge in [-0.05, 0) is 18.8 Å². The molecule has 1 saturated heterocycles. The van der Waals surface area contributed by atoms with Gasteiger partial charge in [0.15, 0.2) is 0 Å². The Morgan fingerprint density at radius 2 is 2.23 bits per heavy atom. The zero-order valence-electron chi connectivity index (χ0n) is 7.92. The highest BCUT2D eigenvalue weighted by Gasteiger charge is 2.26. The van der Waals surface area contributed by atoms with Crippen molar-refractivity contribution in [2.45, 2.75) is 31.7 Å². The van der Waals surface area contributed by atoms with E-state index in [9.17, 15) is 4.79 Å². The predicted octanol–water partition coefficient (Wildman–Crippen LogP) is 0.734. The Hall–Kier alpha value is -0.410. The van der Waals surface area contributed by atoms with Crippen molar-refractivity contribution in [1.29, 1.82) is 0 Å². The van der Waals surface area contributed by atoms with Crippen LogP contribution in [-0.2, 0) is 9.53 Å². The van der Waals surface area contributed by atoms with Crippen molar-refractivity contribution in [3.05, 3.63) is 0 Å². The molecule has 0 aromatic heterocycles. The van der Waals surface area contributed by atoms with Crippen LogP contribution in [0.1, 0.15) is 25.7 Å². The largest absolute Gasteiger partial charge is 0.379 e. The number of carbonyl (C=O) groups excluding carboxylic acids is 1. The van der Waals surface area contributed by atoms with Gasteiger partial charge < -0.3 is 10.1 Å². The first kappa shape index (κ1) is 9.16. The summed E-state index contributed by atoms with van der Waals surface area (Å²) in [6, 6.07) is 0.278. The Bertz CT molecular complexity index is 183. The minimum atomic E-state index is 0.278. The molecule has 3 heteroatoms. The number of hydrogen-bond donors (Lipinski definition) is 1. The first-order valence-corrected chi connectivity index (χ1v) is 5.17. The highest BCUT2D eigenvalue weighted by molar-refractivity contribution is 5.79. The third kappa shape index (κ3) is 3.08. The summed E-state index contributed by atoms with van der Waals surface area (Å²) >= 11 is 0. The maximum atomic E-state index is 11.5. The molecule has 1 aliphatic carbocycles. The molecule has 1 heterocycles. The van der Waals surface area contributed by atoms with E-state index in [4.69, 9.17) is 4.74 Å². The van der Waals surface area contributed by atoms with E-state index < -0.39 is 0 Å². The molecule has 0 aromatic carbocycles. The highest BCUT2D eigenvalue weighted by atomic mass is 16.5. The van der Waals surface area contributed by atoms with Gasteiger partial charge in [-0.1, -0.05) is 0 Å². The summed E-state index contributed by atoms with van der Waals surface area (Å²) in [4.78, 5) is 11.5. The summed E-state index contributed by atoms with van der Waals surface area (Å²) in [5, 5.41) is 3.30. The van der Waals surface area contributed by atoms with Crippen LogP contribution >= 0.6 is 0 Å². The third-order valence-electron chi connectivity index (χ3n) is 2.69. The molecule has 0 bridgehead atoms. The summed E-state index contributed by atoms with van der Waals surface area (Å²) in [5.74, 6) is 1.13. The normalized spacial score (nSPS) is 28.8. The number of rotatable bonds is 4. The fraction of sp³-hybridized carbons (Fsp3) is 0.900. The van der Waals surface area contributed by atoms with Crippen LogP contribution in [0, 0.1) is 5.92 Å². The van der Waals surface area contributed by atoms with E-state index in [1.54, 1.807) is 0 Å². The quantitative estimate of drug-likeness (QED) is 0.698. The monoisotopic (exact) mass is 183 g/mol. The van der Waals surface area contributed by atoms with Crippen molar-refractivity contribution in [2.24, 2.45) is 5.92 Å². The Labute approximate surface area is 78.8 Å². The zero-order chi connectivity index (χ0) is 9.10. The summed E-state index contributed by atoms with van der Waals surface area (Å²) in [5.41, 5.74) is 0. The van der Waals surface area contributed by atoms with Gasteiger partial charge in [-0.2, -0.15) is 0 Å². The summed E-state index contributed by atoms with van der Waals surface area (Å²) < 4.78 is 5.29. The SMILES string of the molecule is O=C(CC1CC1)CC1COCCN1. The molecule has 0 radical (unpaired) electrons. The van der Waals surface area contributed by atoms with Crippen molar-refractivity contribution in [2.75, 3.05) is 19.8 Å². The molecule has 1 unspecified atom stereocenters. The number of carbonyl (C=O) groups is 1. The van der Waals surface area contributed by atoms with Gasteiger partial charge in [0, 0.05) is 25.4 Å². The van der Waals surface area contributed by atoms with Gasteiger partial charge in [-0.3, -0.25) is 4.79 Å². The van der Waals surface area contributed by atoms with Crippen LogP contribution < -0.4 is 5.32 Å². The van der Waals surface area contributed by atoms with E-state index in [-0.39, 0.29) is 6.04 Å². The maximum absolute atomic E-state index is 11.5. The maximum Gasteiger partial charge on any atom is 0.134 e. The molecular formula is C10H17NO2. The second-order valence-corrected chi connectivity index (χ2v) is 4.12. The first-order chi connectivity index (χ1) is 6.34. The highest BCUT2D eigenvalue weighted by Crippen LogP contribution is 2.32. The van der Waals surface area contributed by atoms with E-state index in [0.717, 1.165) is 25.5 Å². The Morgan fingerprint density at radius 3 is 2.85 bits per heavy atom. The molecule has 1 aliphatic heterocycles. The Balaban J connectivity index is 1.66.